The summed E-state index contributed by atoms with van der Waals surface area (Å²) in [4.78, 5) is 13.6. The smallest absolute Gasteiger partial charge is 0.342 e. The number of benzene rings is 1. The highest BCUT2D eigenvalue weighted by atomic mass is 32.1. The third kappa shape index (κ3) is 3.21. The molecule has 1 aromatic heterocycles. The molecule has 3 rings (SSSR count). The van der Waals surface area contributed by atoms with Crippen molar-refractivity contribution in [3.05, 3.63) is 44.5 Å². The molecule has 1 atom stereocenters. The van der Waals surface area contributed by atoms with Crippen molar-refractivity contribution in [1.29, 1.82) is 5.26 Å². The molecule has 9 heteroatoms. The lowest BCUT2D eigenvalue weighted by molar-refractivity contribution is 0.0597. The van der Waals surface area contributed by atoms with E-state index >= 15 is 0 Å². The van der Waals surface area contributed by atoms with E-state index in [0.717, 1.165) is 0 Å². The van der Waals surface area contributed by atoms with Gasteiger partial charge in [0.1, 0.15) is 17.2 Å². The molecule has 152 valence electrons. The average molecular weight is 416 g/mol. The van der Waals surface area contributed by atoms with Gasteiger partial charge < -0.3 is 29.4 Å². The lowest BCUT2D eigenvalue weighted by Crippen LogP contribution is -2.21. The first-order valence-corrected chi connectivity index (χ1v) is 9.32. The maximum Gasteiger partial charge on any atom is 0.342 e. The number of hydrogen-bond donors (Lipinski definition) is 1. The van der Waals surface area contributed by atoms with Crippen LogP contribution in [0, 0.1) is 18.3 Å². The Balaban J connectivity index is 2.30. The van der Waals surface area contributed by atoms with Crippen LogP contribution in [-0.2, 0) is 4.74 Å². The van der Waals surface area contributed by atoms with Crippen molar-refractivity contribution >= 4 is 17.3 Å². The van der Waals surface area contributed by atoms with Gasteiger partial charge in [0, 0.05) is 4.88 Å². The number of fused-ring (bicyclic) bond motifs is 1. The van der Waals surface area contributed by atoms with Gasteiger partial charge in [0.05, 0.1) is 39.2 Å². The number of hydrogen-bond acceptors (Lipinski definition) is 9. The van der Waals surface area contributed by atoms with E-state index in [0.29, 0.717) is 43.9 Å². The number of nitrogens with zero attached hydrogens (tertiary/aromatic N) is 1. The van der Waals surface area contributed by atoms with Gasteiger partial charge in [0.2, 0.25) is 11.6 Å². The molecule has 0 spiro atoms. The number of carbonyl (C=O) groups excluding carboxylic acids is 1. The van der Waals surface area contributed by atoms with Crippen molar-refractivity contribution < 1.29 is 28.5 Å². The van der Waals surface area contributed by atoms with E-state index in [1.54, 1.807) is 19.1 Å². The first-order valence-electron chi connectivity index (χ1n) is 8.50. The standard InChI is InChI=1S/C20H20N2O6S/c1-9-14(20(23)27-5)17-18(29-9)15(11(8-21)19(22)28-17)10-6-12(24-2)16(26-4)13(7-10)25-3/h6-7,15H,22H2,1-5H3/t15-/m0/s1. The van der Waals surface area contributed by atoms with Crippen LogP contribution in [0.25, 0.3) is 0 Å². The fourth-order valence-corrected chi connectivity index (χ4v) is 4.54. The number of rotatable bonds is 5. The molecule has 1 aromatic carbocycles. The Kier molecular flexibility index (Phi) is 5.57. The number of thiophene rings is 1. The van der Waals surface area contributed by atoms with E-state index in [9.17, 15) is 10.1 Å². The van der Waals surface area contributed by atoms with Gasteiger partial charge in [0.15, 0.2) is 17.2 Å². The summed E-state index contributed by atoms with van der Waals surface area (Å²) in [5.74, 6) is 0.436. The van der Waals surface area contributed by atoms with Gasteiger partial charge in [-0.05, 0) is 24.6 Å². The number of carbonyl (C=O) groups is 1. The van der Waals surface area contributed by atoms with E-state index in [-0.39, 0.29) is 11.5 Å². The van der Waals surface area contributed by atoms with Gasteiger partial charge in [-0.1, -0.05) is 0 Å². The van der Waals surface area contributed by atoms with E-state index in [2.05, 4.69) is 6.07 Å². The second-order valence-electron chi connectivity index (χ2n) is 6.10. The Bertz CT molecular complexity index is 1020. The number of allylic oxidation sites excluding steroid dienone is 1. The van der Waals surface area contributed by atoms with Crippen molar-refractivity contribution in [3.63, 3.8) is 0 Å². The number of aryl methyl sites for hydroxylation is 1. The van der Waals surface area contributed by atoms with Crippen LogP contribution in [0.1, 0.15) is 31.6 Å². The Labute approximate surface area is 172 Å². The summed E-state index contributed by atoms with van der Waals surface area (Å²) in [6, 6.07) is 5.62. The lowest BCUT2D eigenvalue weighted by atomic mass is 9.87. The van der Waals surface area contributed by atoms with E-state index in [4.69, 9.17) is 29.4 Å². The minimum absolute atomic E-state index is 0.0679. The van der Waals surface area contributed by atoms with Crippen LogP contribution in [-0.4, -0.2) is 34.4 Å². The maximum atomic E-state index is 12.3. The third-order valence-corrected chi connectivity index (χ3v) is 5.78. The molecule has 0 fully saturated rings. The average Bonchev–Trinajstić information content (AvgIpc) is 3.05. The summed E-state index contributed by atoms with van der Waals surface area (Å²) < 4.78 is 26.8. The third-order valence-electron chi connectivity index (χ3n) is 4.62. The summed E-state index contributed by atoms with van der Waals surface area (Å²) in [6.45, 7) is 1.78. The zero-order valence-electron chi connectivity index (χ0n) is 16.6. The second-order valence-corrected chi connectivity index (χ2v) is 7.36. The molecule has 0 aliphatic carbocycles. The zero-order chi connectivity index (χ0) is 21.3. The van der Waals surface area contributed by atoms with Crippen molar-refractivity contribution in [2.24, 2.45) is 5.73 Å². The van der Waals surface area contributed by atoms with Crippen LogP contribution in [0.3, 0.4) is 0 Å². The van der Waals surface area contributed by atoms with Crippen LogP contribution in [0.2, 0.25) is 0 Å². The molecule has 2 N–H and O–H groups in total. The first kappa shape index (κ1) is 20.4. The van der Waals surface area contributed by atoms with Crippen LogP contribution in [0.4, 0.5) is 0 Å². The van der Waals surface area contributed by atoms with E-state index in [1.165, 1.54) is 39.8 Å². The van der Waals surface area contributed by atoms with Gasteiger partial charge >= 0.3 is 5.97 Å². The minimum Gasteiger partial charge on any atom is -0.493 e. The number of nitriles is 1. The van der Waals surface area contributed by atoms with Crippen LogP contribution < -0.4 is 24.7 Å². The van der Waals surface area contributed by atoms with Crippen molar-refractivity contribution in [1.82, 2.24) is 0 Å². The summed E-state index contributed by atoms with van der Waals surface area (Å²) >= 11 is 1.34. The predicted molar refractivity (Wildman–Crippen MR) is 106 cm³/mol. The molecule has 0 radical (unpaired) electrons. The highest BCUT2D eigenvalue weighted by Gasteiger charge is 2.37. The molecule has 2 aromatic rings. The summed E-state index contributed by atoms with van der Waals surface area (Å²) in [5, 5.41) is 9.76. The molecule has 0 bridgehead atoms. The second kappa shape index (κ2) is 7.93. The topological polar surface area (TPSA) is 113 Å². The van der Waals surface area contributed by atoms with E-state index < -0.39 is 11.9 Å². The molecule has 2 heterocycles. The number of methoxy groups -OCH3 is 4. The van der Waals surface area contributed by atoms with Gasteiger partial charge in [0.25, 0.3) is 0 Å². The quantitative estimate of drug-likeness (QED) is 0.740. The van der Waals surface area contributed by atoms with Crippen molar-refractivity contribution in [2.45, 2.75) is 12.8 Å². The summed E-state index contributed by atoms with van der Waals surface area (Å²) in [7, 11) is 5.83. The SMILES string of the molecule is COC(=O)c1c(C)sc2c1OC(N)=C(C#N)[C@@H]2c1cc(OC)c(OC)c(OC)c1. The minimum atomic E-state index is -0.570. The summed E-state index contributed by atoms with van der Waals surface area (Å²) in [6.07, 6.45) is 0. The fourth-order valence-electron chi connectivity index (χ4n) is 3.32. The Morgan fingerprint density at radius 3 is 2.28 bits per heavy atom. The summed E-state index contributed by atoms with van der Waals surface area (Å²) in [5.41, 5.74) is 7.25. The maximum absolute atomic E-state index is 12.3. The molecule has 1 aliphatic rings. The van der Waals surface area contributed by atoms with Crippen molar-refractivity contribution in [2.75, 3.05) is 28.4 Å². The molecular formula is C20H20N2O6S. The van der Waals surface area contributed by atoms with Gasteiger partial charge in [-0.2, -0.15) is 5.26 Å². The monoisotopic (exact) mass is 416 g/mol. The van der Waals surface area contributed by atoms with Crippen LogP contribution in [0.15, 0.2) is 23.6 Å². The zero-order valence-corrected chi connectivity index (χ0v) is 17.4. The number of ether oxygens (including phenoxy) is 5. The Hall–Kier alpha value is -3.38. The van der Waals surface area contributed by atoms with Crippen LogP contribution >= 0.6 is 11.3 Å². The lowest BCUT2D eigenvalue weighted by Gasteiger charge is -2.25. The Morgan fingerprint density at radius 1 is 1.17 bits per heavy atom. The normalized spacial score (nSPS) is 15.1. The fraction of sp³-hybridized carbons (Fsp3) is 0.300. The molecule has 29 heavy (non-hydrogen) atoms. The number of esters is 1. The first-order chi connectivity index (χ1) is 13.9. The van der Waals surface area contributed by atoms with Crippen LogP contribution in [0.5, 0.6) is 23.0 Å². The van der Waals surface area contributed by atoms with Gasteiger partial charge in [-0.3, -0.25) is 0 Å². The van der Waals surface area contributed by atoms with Crippen molar-refractivity contribution in [3.8, 4) is 29.1 Å². The highest BCUT2D eigenvalue weighted by Crippen LogP contribution is 2.51. The largest absolute Gasteiger partial charge is 0.493 e. The van der Waals surface area contributed by atoms with Gasteiger partial charge in [-0.15, -0.1) is 11.3 Å². The molecular weight excluding hydrogens is 396 g/mol. The molecule has 0 saturated carbocycles. The molecule has 0 amide bonds. The molecule has 0 saturated heterocycles. The highest BCUT2D eigenvalue weighted by molar-refractivity contribution is 7.12. The van der Waals surface area contributed by atoms with E-state index in [1.807, 2.05) is 0 Å². The number of nitrogens with two attached hydrogens (primary N) is 1. The van der Waals surface area contributed by atoms with Gasteiger partial charge in [-0.25, -0.2) is 4.79 Å². The Morgan fingerprint density at radius 2 is 1.79 bits per heavy atom. The molecule has 1 aliphatic heterocycles. The molecule has 8 nitrogen and oxygen atoms in total. The molecule has 0 unspecified atom stereocenters. The predicted octanol–water partition coefficient (Wildman–Crippen LogP) is 3.09.